The van der Waals surface area contributed by atoms with E-state index in [1.165, 1.54) is 0 Å². The number of hydrogen-bond acceptors (Lipinski definition) is 3. The lowest BCUT2D eigenvalue weighted by Crippen LogP contribution is -2.39. The number of aromatic carboxylic acids is 1. The molecule has 0 unspecified atom stereocenters. The minimum absolute atomic E-state index is 0.179. The summed E-state index contributed by atoms with van der Waals surface area (Å²) < 4.78 is 5.16. The van der Waals surface area contributed by atoms with Crippen LogP contribution in [0.15, 0.2) is 24.3 Å². The fourth-order valence-electron chi connectivity index (χ4n) is 2.81. The smallest absolute Gasteiger partial charge is 0.335 e. The highest BCUT2D eigenvalue weighted by molar-refractivity contribution is 5.87. The summed E-state index contributed by atoms with van der Waals surface area (Å²) in [6.45, 7) is 2.40. The predicted octanol–water partition coefficient (Wildman–Crippen LogP) is 2.20. The van der Waals surface area contributed by atoms with Gasteiger partial charge in [0.15, 0.2) is 0 Å². The van der Waals surface area contributed by atoms with Crippen molar-refractivity contribution in [2.24, 2.45) is 5.92 Å². The molecule has 1 heterocycles. The fourth-order valence-corrected chi connectivity index (χ4v) is 2.81. The number of rotatable bonds is 6. The molecule has 2 rings (SSSR count). The van der Waals surface area contributed by atoms with Gasteiger partial charge in [-0.3, -0.25) is 4.79 Å². The maximum atomic E-state index is 12.2. The maximum absolute atomic E-state index is 12.2. The Hall–Kier alpha value is -1.88. The van der Waals surface area contributed by atoms with E-state index in [0.717, 1.165) is 38.1 Å². The molecule has 5 heteroatoms. The standard InChI is InChI=1S/C17H23NO4/c1-22-12-14-8-10-18(11-9-14)16(19)7-4-13-2-5-15(6-3-13)17(20)21/h2-3,5-6,14H,4,7-12H2,1H3,(H,20,21). The molecule has 1 aromatic carbocycles. The van der Waals surface area contributed by atoms with Gasteiger partial charge < -0.3 is 14.7 Å². The van der Waals surface area contributed by atoms with Gasteiger partial charge in [-0.15, -0.1) is 0 Å². The lowest BCUT2D eigenvalue weighted by Gasteiger charge is -2.31. The highest BCUT2D eigenvalue weighted by atomic mass is 16.5. The average molecular weight is 305 g/mol. The number of likely N-dealkylation sites (tertiary alicyclic amines) is 1. The zero-order valence-corrected chi connectivity index (χ0v) is 13.0. The first-order valence-corrected chi connectivity index (χ1v) is 7.69. The van der Waals surface area contributed by atoms with Crippen LogP contribution in [0.4, 0.5) is 0 Å². The molecule has 1 fully saturated rings. The summed E-state index contributed by atoms with van der Waals surface area (Å²) in [5.74, 6) is -0.183. The second-order valence-electron chi connectivity index (χ2n) is 5.78. The lowest BCUT2D eigenvalue weighted by molar-refractivity contribution is -0.132. The summed E-state index contributed by atoms with van der Waals surface area (Å²) in [6, 6.07) is 6.72. The van der Waals surface area contributed by atoms with Gasteiger partial charge in [0.1, 0.15) is 0 Å². The van der Waals surface area contributed by atoms with E-state index in [1.807, 2.05) is 4.90 Å². The number of hydrogen-bond donors (Lipinski definition) is 1. The average Bonchev–Trinajstić information content (AvgIpc) is 2.54. The molecule has 0 spiro atoms. The molecule has 1 aliphatic heterocycles. The summed E-state index contributed by atoms with van der Waals surface area (Å²) in [5.41, 5.74) is 1.27. The molecule has 0 atom stereocenters. The summed E-state index contributed by atoms with van der Waals surface area (Å²) in [5, 5.41) is 8.85. The van der Waals surface area contributed by atoms with Gasteiger partial charge in [-0.1, -0.05) is 12.1 Å². The molecule has 0 aromatic heterocycles. The van der Waals surface area contributed by atoms with Gasteiger partial charge in [-0.05, 0) is 42.9 Å². The first-order valence-electron chi connectivity index (χ1n) is 7.69. The van der Waals surface area contributed by atoms with E-state index < -0.39 is 5.97 Å². The predicted molar refractivity (Wildman–Crippen MR) is 82.9 cm³/mol. The van der Waals surface area contributed by atoms with Crippen molar-refractivity contribution in [2.75, 3.05) is 26.8 Å². The van der Waals surface area contributed by atoms with Gasteiger partial charge in [-0.2, -0.15) is 0 Å². The number of benzene rings is 1. The Labute approximate surface area is 130 Å². The minimum atomic E-state index is -0.929. The van der Waals surface area contributed by atoms with Crippen LogP contribution in [0.2, 0.25) is 0 Å². The molecule has 22 heavy (non-hydrogen) atoms. The number of aryl methyl sites for hydroxylation is 1. The monoisotopic (exact) mass is 305 g/mol. The number of amides is 1. The quantitative estimate of drug-likeness (QED) is 0.875. The number of ether oxygens (including phenoxy) is 1. The topological polar surface area (TPSA) is 66.8 Å². The van der Waals surface area contributed by atoms with Gasteiger partial charge in [0, 0.05) is 33.2 Å². The van der Waals surface area contributed by atoms with Gasteiger partial charge in [-0.25, -0.2) is 4.79 Å². The van der Waals surface area contributed by atoms with Crippen LogP contribution in [0.3, 0.4) is 0 Å². The third-order valence-corrected chi connectivity index (χ3v) is 4.20. The van der Waals surface area contributed by atoms with Crippen molar-refractivity contribution in [1.29, 1.82) is 0 Å². The van der Waals surface area contributed by atoms with E-state index in [4.69, 9.17) is 9.84 Å². The van der Waals surface area contributed by atoms with E-state index >= 15 is 0 Å². The van der Waals surface area contributed by atoms with E-state index in [1.54, 1.807) is 31.4 Å². The Morgan fingerprint density at radius 1 is 1.23 bits per heavy atom. The number of piperidine rings is 1. The molecule has 1 saturated heterocycles. The summed E-state index contributed by atoms with van der Waals surface area (Å²) in [6.07, 6.45) is 3.14. The third-order valence-electron chi connectivity index (χ3n) is 4.20. The lowest BCUT2D eigenvalue weighted by atomic mass is 9.97. The number of carbonyl (C=O) groups excluding carboxylic acids is 1. The Morgan fingerprint density at radius 2 is 1.86 bits per heavy atom. The van der Waals surface area contributed by atoms with Crippen LogP contribution in [0.5, 0.6) is 0 Å². The van der Waals surface area contributed by atoms with Crippen molar-refractivity contribution in [1.82, 2.24) is 4.90 Å². The Bertz CT molecular complexity index is 504. The van der Waals surface area contributed by atoms with E-state index in [2.05, 4.69) is 0 Å². The zero-order valence-electron chi connectivity index (χ0n) is 13.0. The minimum Gasteiger partial charge on any atom is -0.478 e. The van der Waals surface area contributed by atoms with E-state index in [0.29, 0.717) is 18.8 Å². The number of methoxy groups -OCH3 is 1. The maximum Gasteiger partial charge on any atom is 0.335 e. The first-order chi connectivity index (χ1) is 10.6. The van der Waals surface area contributed by atoms with Gasteiger partial charge in [0.25, 0.3) is 0 Å². The second-order valence-corrected chi connectivity index (χ2v) is 5.78. The Balaban J connectivity index is 1.77. The van der Waals surface area contributed by atoms with Gasteiger partial charge in [0.2, 0.25) is 5.91 Å². The SMILES string of the molecule is COCC1CCN(C(=O)CCc2ccc(C(=O)O)cc2)CC1. The van der Waals surface area contributed by atoms with Crippen LogP contribution < -0.4 is 0 Å². The summed E-state index contributed by atoms with van der Waals surface area (Å²) >= 11 is 0. The largest absolute Gasteiger partial charge is 0.478 e. The molecule has 1 N–H and O–H groups in total. The van der Waals surface area contributed by atoms with E-state index in [-0.39, 0.29) is 11.5 Å². The molecule has 120 valence electrons. The molecule has 0 saturated carbocycles. The van der Waals surface area contributed by atoms with Crippen molar-refractivity contribution in [3.8, 4) is 0 Å². The number of nitrogens with zero attached hydrogens (tertiary/aromatic N) is 1. The van der Waals surface area contributed by atoms with Crippen LogP contribution >= 0.6 is 0 Å². The van der Waals surface area contributed by atoms with Gasteiger partial charge >= 0.3 is 5.97 Å². The number of carboxylic acid groups (broad SMARTS) is 1. The fraction of sp³-hybridized carbons (Fsp3) is 0.529. The van der Waals surface area contributed by atoms with Crippen molar-refractivity contribution in [3.05, 3.63) is 35.4 Å². The molecule has 0 aliphatic carbocycles. The molecular weight excluding hydrogens is 282 g/mol. The summed E-state index contributed by atoms with van der Waals surface area (Å²) in [4.78, 5) is 24.9. The van der Waals surface area contributed by atoms with Crippen molar-refractivity contribution >= 4 is 11.9 Å². The van der Waals surface area contributed by atoms with Gasteiger partial charge in [0.05, 0.1) is 5.56 Å². The molecule has 1 amide bonds. The van der Waals surface area contributed by atoms with Crippen molar-refractivity contribution in [3.63, 3.8) is 0 Å². The zero-order chi connectivity index (χ0) is 15.9. The van der Waals surface area contributed by atoms with Crippen LogP contribution in [-0.4, -0.2) is 48.7 Å². The van der Waals surface area contributed by atoms with Crippen molar-refractivity contribution in [2.45, 2.75) is 25.7 Å². The van der Waals surface area contributed by atoms with Crippen molar-refractivity contribution < 1.29 is 19.4 Å². The molecule has 0 bridgehead atoms. The number of carboxylic acids is 1. The van der Waals surface area contributed by atoms with E-state index in [9.17, 15) is 9.59 Å². The summed E-state index contributed by atoms with van der Waals surface area (Å²) in [7, 11) is 1.72. The molecule has 1 aliphatic rings. The normalized spacial score (nSPS) is 15.8. The highest BCUT2D eigenvalue weighted by Gasteiger charge is 2.22. The molecule has 0 radical (unpaired) electrons. The highest BCUT2D eigenvalue weighted by Crippen LogP contribution is 2.18. The van der Waals surface area contributed by atoms with Crippen LogP contribution in [-0.2, 0) is 16.0 Å². The first kappa shape index (κ1) is 16.5. The van der Waals surface area contributed by atoms with Crippen LogP contribution in [0.1, 0.15) is 35.2 Å². The van der Waals surface area contributed by atoms with Crippen LogP contribution in [0.25, 0.3) is 0 Å². The Kier molecular flexibility index (Phi) is 5.95. The molecule has 5 nitrogen and oxygen atoms in total. The van der Waals surface area contributed by atoms with Crippen LogP contribution in [0, 0.1) is 5.92 Å². The number of carbonyl (C=O) groups is 2. The second kappa shape index (κ2) is 7.94. The third kappa shape index (κ3) is 4.56. The molecule has 1 aromatic rings. The Morgan fingerprint density at radius 3 is 2.41 bits per heavy atom. The molecular formula is C17H23NO4.